The molecule has 0 unspecified atom stereocenters. The summed E-state index contributed by atoms with van der Waals surface area (Å²) < 4.78 is 26.7. The van der Waals surface area contributed by atoms with Gasteiger partial charge in [0.2, 0.25) is 0 Å². The minimum Gasteiger partial charge on any atom is -0.270 e. The Balaban J connectivity index is 4.87. The molecule has 0 saturated carbocycles. The molecule has 0 aromatic carbocycles. The van der Waals surface area contributed by atoms with Crippen LogP contribution in [0, 0.1) is 0 Å². The maximum Gasteiger partial charge on any atom is 0.296 e. The van der Waals surface area contributed by atoms with Crippen LogP contribution in [-0.2, 0) is 14.3 Å². The zero-order chi connectivity index (χ0) is 10.5. The first-order valence-electron chi connectivity index (χ1n) is 3.74. The van der Waals surface area contributed by atoms with Gasteiger partial charge in [-0.2, -0.15) is 8.42 Å². The first-order chi connectivity index (χ1) is 5.94. The van der Waals surface area contributed by atoms with Crippen LogP contribution in [0.25, 0.3) is 0 Å². The van der Waals surface area contributed by atoms with Gasteiger partial charge in [0.1, 0.15) is 0 Å². The zero-order valence-corrected chi connectivity index (χ0v) is 8.89. The van der Waals surface area contributed by atoms with E-state index in [0.717, 1.165) is 12.7 Å². The number of allylic oxidation sites excluding steroid dienone is 4. The summed E-state index contributed by atoms with van der Waals surface area (Å²) in [6.45, 7) is 7.03. The van der Waals surface area contributed by atoms with Gasteiger partial charge in [0.15, 0.2) is 0 Å². The molecule has 0 N–H and O–H groups in total. The molecule has 0 radical (unpaired) electrons. The highest BCUT2D eigenvalue weighted by Crippen LogP contribution is 2.10. The molecule has 0 fully saturated rings. The molecule has 74 valence electrons. The normalized spacial score (nSPS) is 13.6. The number of hydrogen-bond acceptors (Lipinski definition) is 3. The summed E-state index contributed by atoms with van der Waals surface area (Å²) in [4.78, 5) is 0.137. The van der Waals surface area contributed by atoms with E-state index >= 15 is 0 Å². The highest BCUT2D eigenvalue weighted by atomic mass is 32.2. The molecule has 13 heavy (non-hydrogen) atoms. The van der Waals surface area contributed by atoms with Crippen molar-refractivity contribution in [1.29, 1.82) is 0 Å². The standard InChI is InChI=1S/C9H14O3S/c1-5-9(7-6-8(2)3)13(10,11)12-4/h5-7H,2H2,1,3-4H3/b7-6-,9-5+. The minimum atomic E-state index is -3.57. The first-order valence-corrected chi connectivity index (χ1v) is 5.15. The van der Waals surface area contributed by atoms with Gasteiger partial charge in [0, 0.05) is 0 Å². The quantitative estimate of drug-likeness (QED) is 0.517. The SMILES string of the molecule is C=C(C)/C=C\C(=C/C)S(=O)(=O)OC. The molecule has 0 aromatic heterocycles. The maximum absolute atomic E-state index is 11.2. The fourth-order valence-electron chi connectivity index (χ4n) is 0.645. The molecule has 0 aromatic rings. The summed E-state index contributed by atoms with van der Waals surface area (Å²) in [5, 5.41) is 0. The Bertz CT molecular complexity index is 334. The van der Waals surface area contributed by atoms with Crippen molar-refractivity contribution in [1.82, 2.24) is 0 Å². The molecule has 0 heterocycles. The fraction of sp³-hybridized carbons (Fsp3) is 0.333. The first kappa shape index (κ1) is 12.1. The number of hydrogen-bond donors (Lipinski definition) is 0. The van der Waals surface area contributed by atoms with E-state index in [1.165, 1.54) is 12.2 Å². The van der Waals surface area contributed by atoms with Crippen molar-refractivity contribution in [3.63, 3.8) is 0 Å². The molecule has 0 atom stereocenters. The molecule has 0 aliphatic heterocycles. The average molecular weight is 202 g/mol. The van der Waals surface area contributed by atoms with E-state index in [9.17, 15) is 8.42 Å². The maximum atomic E-state index is 11.2. The monoisotopic (exact) mass is 202 g/mol. The van der Waals surface area contributed by atoms with Gasteiger partial charge in [0.25, 0.3) is 10.1 Å². The summed E-state index contributed by atoms with van der Waals surface area (Å²) in [7, 11) is -2.44. The second kappa shape index (κ2) is 4.99. The van der Waals surface area contributed by atoms with Gasteiger partial charge in [-0.1, -0.05) is 24.3 Å². The highest BCUT2D eigenvalue weighted by Gasteiger charge is 2.11. The molecule has 4 heteroatoms. The average Bonchev–Trinajstić information content (AvgIpc) is 2.04. The van der Waals surface area contributed by atoms with Crippen LogP contribution in [0.3, 0.4) is 0 Å². The van der Waals surface area contributed by atoms with Crippen LogP contribution < -0.4 is 0 Å². The second-order valence-electron chi connectivity index (χ2n) is 2.49. The lowest BCUT2D eigenvalue weighted by Crippen LogP contribution is -2.03. The van der Waals surface area contributed by atoms with Gasteiger partial charge < -0.3 is 0 Å². The van der Waals surface area contributed by atoms with Crippen molar-refractivity contribution in [2.24, 2.45) is 0 Å². The van der Waals surface area contributed by atoms with Crippen LogP contribution in [0.5, 0.6) is 0 Å². The largest absolute Gasteiger partial charge is 0.296 e. The highest BCUT2D eigenvalue weighted by molar-refractivity contribution is 7.90. The Kier molecular flexibility index (Phi) is 4.66. The molecule has 0 saturated heterocycles. The Morgan fingerprint density at radius 2 is 1.92 bits per heavy atom. The predicted molar refractivity (Wildman–Crippen MR) is 53.6 cm³/mol. The zero-order valence-electron chi connectivity index (χ0n) is 8.07. The van der Waals surface area contributed by atoms with E-state index in [-0.39, 0.29) is 4.91 Å². The van der Waals surface area contributed by atoms with Gasteiger partial charge in [-0.3, -0.25) is 4.18 Å². The van der Waals surface area contributed by atoms with Crippen LogP contribution in [0.1, 0.15) is 13.8 Å². The van der Waals surface area contributed by atoms with Crippen molar-refractivity contribution in [3.8, 4) is 0 Å². The summed E-state index contributed by atoms with van der Waals surface area (Å²) in [6.07, 6.45) is 4.55. The Labute approximate surface area is 79.5 Å². The third kappa shape index (κ3) is 4.05. The van der Waals surface area contributed by atoms with Crippen molar-refractivity contribution in [2.75, 3.05) is 7.11 Å². The smallest absolute Gasteiger partial charge is 0.270 e. The molecule has 0 bridgehead atoms. The predicted octanol–water partition coefficient (Wildman–Crippen LogP) is 2.00. The van der Waals surface area contributed by atoms with Crippen LogP contribution in [0.2, 0.25) is 0 Å². The third-order valence-electron chi connectivity index (χ3n) is 1.32. The lowest BCUT2D eigenvalue weighted by atomic mass is 10.3. The summed E-state index contributed by atoms with van der Waals surface area (Å²) in [6, 6.07) is 0. The molecular weight excluding hydrogens is 188 g/mol. The summed E-state index contributed by atoms with van der Waals surface area (Å²) >= 11 is 0. The molecule has 3 nitrogen and oxygen atoms in total. The molecule has 0 rings (SSSR count). The van der Waals surface area contributed by atoms with Gasteiger partial charge >= 0.3 is 0 Å². The number of rotatable bonds is 4. The van der Waals surface area contributed by atoms with Crippen molar-refractivity contribution in [3.05, 3.63) is 35.3 Å². The lowest BCUT2D eigenvalue weighted by molar-refractivity contribution is 0.404. The fourth-order valence-corrected chi connectivity index (χ4v) is 1.36. The van der Waals surface area contributed by atoms with Crippen molar-refractivity contribution >= 4 is 10.1 Å². The minimum absolute atomic E-state index is 0.137. The van der Waals surface area contributed by atoms with Gasteiger partial charge in [-0.25, -0.2) is 0 Å². The Morgan fingerprint density at radius 3 is 2.23 bits per heavy atom. The van der Waals surface area contributed by atoms with Crippen LogP contribution in [0.15, 0.2) is 35.3 Å². The van der Waals surface area contributed by atoms with Crippen LogP contribution >= 0.6 is 0 Å². The van der Waals surface area contributed by atoms with E-state index in [1.54, 1.807) is 19.9 Å². The molecule has 0 amide bonds. The van der Waals surface area contributed by atoms with E-state index in [0.29, 0.717) is 0 Å². The lowest BCUT2D eigenvalue weighted by Gasteiger charge is -2.00. The molecule has 0 spiro atoms. The van der Waals surface area contributed by atoms with Gasteiger partial charge in [-0.15, -0.1) is 0 Å². The van der Waals surface area contributed by atoms with Crippen LogP contribution in [0.4, 0.5) is 0 Å². The van der Waals surface area contributed by atoms with Crippen molar-refractivity contribution < 1.29 is 12.6 Å². The van der Waals surface area contributed by atoms with Crippen LogP contribution in [-0.4, -0.2) is 15.5 Å². The van der Waals surface area contributed by atoms with Crippen molar-refractivity contribution in [2.45, 2.75) is 13.8 Å². The Morgan fingerprint density at radius 1 is 1.38 bits per heavy atom. The van der Waals surface area contributed by atoms with E-state index in [2.05, 4.69) is 10.8 Å². The van der Waals surface area contributed by atoms with Gasteiger partial charge in [0.05, 0.1) is 12.0 Å². The van der Waals surface area contributed by atoms with E-state index in [1.807, 2.05) is 0 Å². The summed E-state index contributed by atoms with van der Waals surface area (Å²) in [5.41, 5.74) is 0.783. The Hall–Kier alpha value is -0.870. The van der Waals surface area contributed by atoms with E-state index in [4.69, 9.17) is 0 Å². The molecule has 0 aliphatic rings. The topological polar surface area (TPSA) is 43.4 Å². The van der Waals surface area contributed by atoms with Gasteiger partial charge in [-0.05, 0) is 19.9 Å². The second-order valence-corrected chi connectivity index (χ2v) is 4.20. The molecule has 0 aliphatic carbocycles. The third-order valence-corrected chi connectivity index (χ3v) is 2.71. The summed E-state index contributed by atoms with van der Waals surface area (Å²) in [5.74, 6) is 0. The van der Waals surface area contributed by atoms with E-state index < -0.39 is 10.1 Å². The molecular formula is C9H14O3S.